The van der Waals surface area contributed by atoms with Crippen molar-refractivity contribution < 1.29 is 19.1 Å². The first-order valence-corrected chi connectivity index (χ1v) is 14.9. The van der Waals surface area contributed by atoms with Gasteiger partial charge in [0.15, 0.2) is 0 Å². The van der Waals surface area contributed by atoms with Gasteiger partial charge in [0, 0.05) is 37.0 Å². The summed E-state index contributed by atoms with van der Waals surface area (Å²) in [6, 6.07) is 18.6. The Labute approximate surface area is 250 Å². The van der Waals surface area contributed by atoms with Gasteiger partial charge < -0.3 is 25.0 Å². The number of hydrogen-bond acceptors (Lipinski definition) is 6. The third kappa shape index (κ3) is 9.92. The van der Waals surface area contributed by atoms with Crippen LogP contribution in [0.25, 0.3) is 21.5 Å². The monoisotopic (exact) mass is 574 g/mol. The molecule has 8 heteroatoms. The van der Waals surface area contributed by atoms with Crippen molar-refractivity contribution in [2.45, 2.75) is 85.0 Å². The van der Waals surface area contributed by atoms with Crippen LogP contribution in [0.3, 0.4) is 0 Å². The normalized spacial score (nSPS) is 11.7. The Bertz CT molecular complexity index is 1340. The summed E-state index contributed by atoms with van der Waals surface area (Å²) in [4.78, 5) is 26.5. The van der Waals surface area contributed by atoms with Crippen LogP contribution in [-0.2, 0) is 16.0 Å². The number of ether oxygens (including phenoxy) is 2. The minimum atomic E-state index is -0.568. The summed E-state index contributed by atoms with van der Waals surface area (Å²) in [7, 11) is 0. The Kier molecular flexibility index (Phi) is 11.6. The highest BCUT2D eigenvalue weighted by atomic mass is 16.6. The maximum atomic E-state index is 12.9. The van der Waals surface area contributed by atoms with Gasteiger partial charge in [0.25, 0.3) is 0 Å². The number of rotatable bonds is 12. The molecule has 0 aromatic heterocycles. The lowest BCUT2D eigenvalue weighted by molar-refractivity contribution is 0.0242. The fourth-order valence-electron chi connectivity index (χ4n) is 4.85. The number of fused-ring (bicyclic) bond motifs is 2. The Balaban J connectivity index is 1.52. The first-order chi connectivity index (χ1) is 19.9. The van der Waals surface area contributed by atoms with Crippen LogP contribution in [0.5, 0.6) is 0 Å². The molecule has 2 N–H and O–H groups in total. The third-order valence-corrected chi connectivity index (χ3v) is 6.66. The van der Waals surface area contributed by atoms with Crippen LogP contribution in [0.2, 0.25) is 0 Å². The number of amides is 2. The number of benzene rings is 3. The summed E-state index contributed by atoms with van der Waals surface area (Å²) in [5, 5.41) is 20.4. The number of unbranched alkanes of at least 4 members (excludes halogenated alkanes) is 2. The molecule has 0 saturated carbocycles. The van der Waals surface area contributed by atoms with Crippen LogP contribution in [0, 0.1) is 11.3 Å². The second-order valence-corrected chi connectivity index (χ2v) is 12.5. The van der Waals surface area contributed by atoms with E-state index < -0.39 is 17.3 Å². The highest BCUT2D eigenvalue weighted by Gasteiger charge is 2.22. The van der Waals surface area contributed by atoms with Crippen molar-refractivity contribution >= 4 is 33.7 Å². The van der Waals surface area contributed by atoms with Crippen molar-refractivity contribution in [3.63, 3.8) is 0 Å². The molecule has 0 aliphatic rings. The average molecular weight is 575 g/mol. The average Bonchev–Trinajstić information content (AvgIpc) is 2.91. The number of carbonyl (C=O) groups excluding carboxylic acids is 2. The highest BCUT2D eigenvalue weighted by molar-refractivity contribution is 6.07. The van der Waals surface area contributed by atoms with Crippen molar-refractivity contribution in [3.05, 3.63) is 59.7 Å². The second kappa shape index (κ2) is 14.9. The van der Waals surface area contributed by atoms with Gasteiger partial charge in [0.2, 0.25) is 0 Å². The van der Waals surface area contributed by atoms with Gasteiger partial charge in [0.1, 0.15) is 17.3 Å². The Morgan fingerprint density at radius 2 is 1.26 bits per heavy atom. The van der Waals surface area contributed by atoms with Crippen molar-refractivity contribution in [1.29, 1.82) is 5.26 Å². The van der Waals surface area contributed by atoms with Crippen LogP contribution < -0.4 is 10.6 Å². The van der Waals surface area contributed by atoms with E-state index in [0.717, 1.165) is 53.8 Å². The molecule has 0 fully saturated rings. The van der Waals surface area contributed by atoms with Gasteiger partial charge >= 0.3 is 12.2 Å². The van der Waals surface area contributed by atoms with Gasteiger partial charge in [0.05, 0.1) is 5.56 Å². The van der Waals surface area contributed by atoms with Crippen LogP contribution in [0.15, 0.2) is 48.5 Å². The Morgan fingerprint density at radius 3 is 1.76 bits per heavy atom. The van der Waals surface area contributed by atoms with E-state index in [1.807, 2.05) is 77.9 Å². The number of nitrogens with one attached hydrogen (secondary N) is 2. The summed E-state index contributed by atoms with van der Waals surface area (Å²) in [5.41, 5.74) is 0.807. The molecule has 226 valence electrons. The first-order valence-electron chi connectivity index (χ1n) is 14.9. The lowest BCUT2D eigenvalue weighted by atomic mass is 9.92. The van der Waals surface area contributed by atoms with Crippen LogP contribution in [0.1, 0.15) is 78.4 Å². The van der Waals surface area contributed by atoms with E-state index in [1.54, 1.807) is 4.90 Å². The third-order valence-electron chi connectivity index (χ3n) is 6.66. The minimum absolute atomic E-state index is 0.314. The SMILES string of the molecule is CC(C)(C)OC(=O)NCCCCN(CCCCNCc1c2ccccc2c(C#N)c2ccccc12)C(=O)OC(C)(C)C. The molecule has 2 amide bonds. The zero-order valence-corrected chi connectivity index (χ0v) is 26.0. The fraction of sp³-hybridized carbons (Fsp3) is 0.500. The summed E-state index contributed by atoms with van der Waals surface area (Å²) < 4.78 is 10.9. The molecule has 0 heterocycles. The topological polar surface area (TPSA) is 104 Å². The molecule has 0 spiro atoms. The number of nitriles is 1. The molecule has 3 aromatic carbocycles. The maximum absolute atomic E-state index is 12.9. The van der Waals surface area contributed by atoms with Gasteiger partial charge in [-0.2, -0.15) is 5.26 Å². The largest absolute Gasteiger partial charge is 0.444 e. The van der Waals surface area contributed by atoms with Crippen LogP contribution in [0.4, 0.5) is 9.59 Å². The maximum Gasteiger partial charge on any atom is 0.410 e. The lowest BCUT2D eigenvalue weighted by Crippen LogP contribution is -2.38. The van der Waals surface area contributed by atoms with Crippen LogP contribution in [-0.4, -0.2) is 54.5 Å². The number of alkyl carbamates (subject to hydrolysis) is 1. The molecular formula is C34H46N4O4. The van der Waals surface area contributed by atoms with Gasteiger partial charge in [-0.1, -0.05) is 48.5 Å². The standard InChI is InChI=1S/C34H46N4O4/c1-33(2,3)41-31(39)37-20-12-14-22-38(32(40)42-34(4,5)6)21-13-11-19-36-24-30-27-17-9-7-15-25(27)29(23-35)26-16-8-10-18-28(26)30/h7-10,15-18,36H,11-14,19-22,24H2,1-6H3,(H,37,39). The first kappa shape index (κ1) is 32.7. The Morgan fingerprint density at radius 1 is 0.762 bits per heavy atom. The zero-order chi connectivity index (χ0) is 30.8. The van der Waals surface area contributed by atoms with Gasteiger partial charge in [-0.25, -0.2) is 9.59 Å². The highest BCUT2D eigenvalue weighted by Crippen LogP contribution is 2.32. The molecule has 3 rings (SSSR count). The Hall–Kier alpha value is -3.83. The number of nitrogens with zero attached hydrogens (tertiary/aromatic N) is 2. The van der Waals surface area contributed by atoms with Gasteiger partial charge in [-0.15, -0.1) is 0 Å². The molecule has 0 radical (unpaired) electrons. The number of hydrogen-bond donors (Lipinski definition) is 2. The molecular weight excluding hydrogens is 528 g/mol. The van der Waals surface area contributed by atoms with Crippen molar-refractivity contribution in [2.24, 2.45) is 0 Å². The molecule has 8 nitrogen and oxygen atoms in total. The van der Waals surface area contributed by atoms with Crippen molar-refractivity contribution in [3.8, 4) is 6.07 Å². The van der Waals surface area contributed by atoms with E-state index in [0.29, 0.717) is 31.7 Å². The predicted molar refractivity (Wildman–Crippen MR) is 168 cm³/mol. The van der Waals surface area contributed by atoms with Gasteiger partial charge in [-0.05, 0) is 90.1 Å². The lowest BCUT2D eigenvalue weighted by Gasteiger charge is -2.27. The summed E-state index contributed by atoms with van der Waals surface area (Å²) in [6.07, 6.45) is 2.45. The molecule has 0 aliphatic carbocycles. The van der Waals surface area contributed by atoms with E-state index >= 15 is 0 Å². The predicted octanol–water partition coefficient (Wildman–Crippen LogP) is 7.28. The van der Waals surface area contributed by atoms with Crippen molar-refractivity contribution in [1.82, 2.24) is 15.5 Å². The molecule has 0 aliphatic heterocycles. The smallest absolute Gasteiger partial charge is 0.410 e. The molecule has 0 saturated heterocycles. The van der Waals surface area contributed by atoms with Crippen LogP contribution >= 0.6 is 0 Å². The fourth-order valence-corrected chi connectivity index (χ4v) is 4.85. The zero-order valence-electron chi connectivity index (χ0n) is 26.0. The molecule has 3 aromatic rings. The van der Waals surface area contributed by atoms with E-state index in [-0.39, 0.29) is 6.09 Å². The second-order valence-electron chi connectivity index (χ2n) is 12.5. The molecule has 0 atom stereocenters. The summed E-state index contributed by atoms with van der Waals surface area (Å²) in [6.45, 7) is 14.2. The molecule has 0 bridgehead atoms. The summed E-state index contributed by atoms with van der Waals surface area (Å²) >= 11 is 0. The summed E-state index contributed by atoms with van der Waals surface area (Å²) in [5.74, 6) is 0. The van der Waals surface area contributed by atoms with E-state index in [1.165, 1.54) is 5.56 Å². The number of carbonyl (C=O) groups is 2. The molecule has 0 unspecified atom stereocenters. The minimum Gasteiger partial charge on any atom is -0.444 e. The van der Waals surface area contributed by atoms with E-state index in [4.69, 9.17) is 9.47 Å². The van der Waals surface area contributed by atoms with E-state index in [9.17, 15) is 14.9 Å². The quantitative estimate of drug-likeness (QED) is 0.174. The van der Waals surface area contributed by atoms with Gasteiger partial charge in [-0.3, -0.25) is 0 Å². The van der Waals surface area contributed by atoms with Crippen molar-refractivity contribution in [2.75, 3.05) is 26.2 Å². The molecule has 42 heavy (non-hydrogen) atoms. The van der Waals surface area contributed by atoms with E-state index in [2.05, 4.69) is 28.8 Å².